The molecule has 2 saturated heterocycles. The summed E-state index contributed by atoms with van der Waals surface area (Å²) in [5, 5.41) is 21.5. The van der Waals surface area contributed by atoms with E-state index in [1.165, 1.54) is 34.7 Å². The number of Topliss-reactive ketones (excluding diaryl/α,β-unsaturated/α-hetero) is 1. The maximum absolute atomic E-state index is 13.2. The number of morpholine rings is 2. The zero-order valence-corrected chi connectivity index (χ0v) is 25.6. The molecule has 11 heteroatoms. The van der Waals surface area contributed by atoms with E-state index in [2.05, 4.69) is 21.9 Å². The van der Waals surface area contributed by atoms with Gasteiger partial charge in [0.2, 0.25) is 0 Å². The van der Waals surface area contributed by atoms with Gasteiger partial charge in [0.15, 0.2) is 5.78 Å². The number of fused-ring (bicyclic) bond motifs is 2. The molecule has 0 N–H and O–H groups in total. The summed E-state index contributed by atoms with van der Waals surface area (Å²) >= 11 is 2.73. The topological polar surface area (TPSA) is 115 Å². The van der Waals surface area contributed by atoms with Gasteiger partial charge in [0, 0.05) is 26.2 Å². The molecule has 4 aliphatic rings. The summed E-state index contributed by atoms with van der Waals surface area (Å²) in [5.41, 5.74) is 5.87. The van der Waals surface area contributed by atoms with Gasteiger partial charge in [0.25, 0.3) is 0 Å². The van der Waals surface area contributed by atoms with Gasteiger partial charge >= 0.3 is 0 Å². The Morgan fingerprint density at radius 3 is 1.43 bits per heavy atom. The fourth-order valence-electron chi connectivity index (χ4n) is 6.41. The molecule has 2 aromatic heterocycles. The second-order valence-corrected chi connectivity index (χ2v) is 13.0. The molecule has 220 valence electrons. The van der Waals surface area contributed by atoms with Gasteiger partial charge in [0.1, 0.15) is 33.8 Å². The molecule has 0 radical (unpaired) electrons. The number of thioether (sulfide) groups is 2. The van der Waals surface area contributed by atoms with Crippen LogP contribution in [0.2, 0.25) is 0 Å². The third kappa shape index (κ3) is 6.12. The minimum atomic E-state index is 0.0395. The number of hydrogen-bond acceptors (Lipinski definition) is 11. The Labute approximate surface area is 256 Å². The molecule has 0 amide bonds. The van der Waals surface area contributed by atoms with Crippen LogP contribution in [-0.2, 0) is 40.0 Å². The quantitative estimate of drug-likeness (QED) is 0.406. The van der Waals surface area contributed by atoms with Crippen LogP contribution in [0.3, 0.4) is 0 Å². The highest BCUT2D eigenvalue weighted by atomic mass is 32.2. The first kappa shape index (κ1) is 29.3. The lowest BCUT2D eigenvalue weighted by molar-refractivity contribution is -0.114. The number of nitrogens with zero attached hydrogens (tertiary/aromatic N) is 6. The van der Waals surface area contributed by atoms with Crippen molar-refractivity contribution in [2.24, 2.45) is 0 Å². The molecular formula is C31H36N6O3S2. The van der Waals surface area contributed by atoms with Gasteiger partial charge < -0.3 is 19.3 Å². The van der Waals surface area contributed by atoms with E-state index in [1.807, 2.05) is 0 Å². The molecule has 0 saturated carbocycles. The fraction of sp³-hybridized carbons (Fsp3) is 0.581. The van der Waals surface area contributed by atoms with Crippen molar-refractivity contribution in [3.8, 4) is 12.1 Å². The molecule has 2 aliphatic carbocycles. The Bertz CT molecular complexity index is 1320. The highest BCUT2D eigenvalue weighted by Gasteiger charge is 2.28. The molecule has 0 spiro atoms. The normalized spacial score (nSPS) is 18.5. The number of carbonyl (C=O) groups excluding carboxylic acids is 1. The number of rotatable bonds is 8. The number of carbonyl (C=O) groups is 1. The fourth-order valence-corrected chi connectivity index (χ4v) is 8.26. The summed E-state index contributed by atoms with van der Waals surface area (Å²) in [6.45, 7) is 5.82. The zero-order valence-electron chi connectivity index (χ0n) is 24.0. The van der Waals surface area contributed by atoms with Crippen molar-refractivity contribution in [1.82, 2.24) is 9.97 Å². The number of hydrogen-bond donors (Lipinski definition) is 0. The summed E-state index contributed by atoms with van der Waals surface area (Å²) in [4.78, 5) is 27.7. The number of anilines is 2. The third-order valence-corrected chi connectivity index (χ3v) is 10.6. The molecule has 4 heterocycles. The lowest BCUT2D eigenvalue weighted by Gasteiger charge is -2.32. The van der Waals surface area contributed by atoms with Crippen molar-refractivity contribution >= 4 is 40.9 Å². The van der Waals surface area contributed by atoms with Gasteiger partial charge in [-0.25, -0.2) is 9.97 Å². The first-order valence-corrected chi connectivity index (χ1v) is 17.0. The second kappa shape index (κ2) is 13.6. The van der Waals surface area contributed by atoms with E-state index in [1.54, 1.807) is 0 Å². The van der Waals surface area contributed by atoms with Crippen LogP contribution in [0.25, 0.3) is 0 Å². The Morgan fingerprint density at radius 2 is 1.05 bits per heavy atom. The van der Waals surface area contributed by atoms with E-state index in [0.29, 0.717) is 47.6 Å². The Balaban J connectivity index is 1.20. The van der Waals surface area contributed by atoms with Gasteiger partial charge in [-0.1, -0.05) is 23.5 Å². The minimum absolute atomic E-state index is 0.0395. The number of ketones is 1. The van der Waals surface area contributed by atoms with Gasteiger partial charge in [-0.2, -0.15) is 10.5 Å². The van der Waals surface area contributed by atoms with E-state index in [4.69, 9.17) is 19.4 Å². The minimum Gasteiger partial charge on any atom is -0.378 e. The first-order valence-electron chi connectivity index (χ1n) is 15.0. The Morgan fingerprint density at radius 1 is 0.667 bits per heavy atom. The smallest absolute Gasteiger partial charge is 0.153 e. The van der Waals surface area contributed by atoms with Gasteiger partial charge in [0.05, 0.1) is 49.1 Å². The molecule has 2 aliphatic heterocycles. The van der Waals surface area contributed by atoms with E-state index in [-0.39, 0.29) is 17.3 Å². The van der Waals surface area contributed by atoms with Crippen LogP contribution < -0.4 is 9.80 Å². The maximum atomic E-state index is 13.2. The molecule has 6 rings (SSSR count). The van der Waals surface area contributed by atoms with Gasteiger partial charge in [-0.15, -0.1) is 0 Å². The monoisotopic (exact) mass is 604 g/mol. The molecule has 0 atom stereocenters. The lowest BCUT2D eigenvalue weighted by Crippen LogP contribution is -2.38. The van der Waals surface area contributed by atoms with Crippen LogP contribution in [0, 0.1) is 22.7 Å². The Kier molecular flexibility index (Phi) is 9.50. The number of aromatic nitrogens is 2. The van der Waals surface area contributed by atoms with Crippen molar-refractivity contribution in [3.63, 3.8) is 0 Å². The molecule has 0 bridgehead atoms. The molecule has 0 unspecified atom stereocenters. The average molecular weight is 605 g/mol. The van der Waals surface area contributed by atoms with Crippen molar-refractivity contribution in [2.75, 3.05) is 73.9 Å². The second-order valence-electron chi connectivity index (χ2n) is 11.1. The molecule has 0 aromatic carbocycles. The van der Waals surface area contributed by atoms with Crippen LogP contribution in [0.1, 0.15) is 59.1 Å². The van der Waals surface area contributed by atoms with Crippen LogP contribution in [0.15, 0.2) is 10.1 Å². The predicted molar refractivity (Wildman–Crippen MR) is 164 cm³/mol. The lowest BCUT2D eigenvalue weighted by atomic mass is 9.89. The average Bonchev–Trinajstić information content (AvgIpc) is 3.06. The molecule has 42 heavy (non-hydrogen) atoms. The zero-order chi connectivity index (χ0) is 28.9. The molecule has 2 aromatic rings. The van der Waals surface area contributed by atoms with Gasteiger partial charge in [-0.05, 0) is 73.6 Å². The van der Waals surface area contributed by atoms with E-state index in [0.717, 1.165) is 100 Å². The van der Waals surface area contributed by atoms with Crippen molar-refractivity contribution in [1.29, 1.82) is 10.5 Å². The molecule has 9 nitrogen and oxygen atoms in total. The first-order chi connectivity index (χ1) is 20.7. The third-order valence-electron chi connectivity index (χ3n) is 8.51. The van der Waals surface area contributed by atoms with Crippen LogP contribution in [0.4, 0.5) is 11.6 Å². The SMILES string of the molecule is N#Cc1c(SCC(=O)CSc2nc(N3CCOCC3)c3c(c2C#N)CCCC3)nc(N2CCOCC2)c2c1CCCC2. The van der Waals surface area contributed by atoms with Crippen molar-refractivity contribution < 1.29 is 14.3 Å². The summed E-state index contributed by atoms with van der Waals surface area (Å²) < 4.78 is 11.1. The molecule has 2 fully saturated rings. The van der Waals surface area contributed by atoms with Crippen LogP contribution in [-0.4, -0.2) is 79.9 Å². The standard InChI is InChI=1S/C31H36N6O3S2/c32-17-26-22-5-1-3-7-24(22)28(36-9-13-39-14-10-36)34-30(26)41-19-21(38)20-42-31-27(18-33)23-6-2-4-8-25(23)29(35-31)37-11-15-40-16-12-37/h1-16,19-20H2. The van der Waals surface area contributed by atoms with Crippen molar-refractivity contribution in [2.45, 2.75) is 61.4 Å². The van der Waals surface area contributed by atoms with Crippen molar-refractivity contribution in [3.05, 3.63) is 33.4 Å². The van der Waals surface area contributed by atoms with E-state index >= 15 is 0 Å². The Hall–Kier alpha value is -2.83. The summed E-state index contributed by atoms with van der Waals surface area (Å²) in [6.07, 6.45) is 7.97. The summed E-state index contributed by atoms with van der Waals surface area (Å²) in [7, 11) is 0. The van der Waals surface area contributed by atoms with Crippen LogP contribution >= 0.6 is 23.5 Å². The molecular weight excluding hydrogens is 569 g/mol. The predicted octanol–water partition coefficient (Wildman–Crippen LogP) is 4.10. The highest BCUT2D eigenvalue weighted by Crippen LogP contribution is 2.38. The van der Waals surface area contributed by atoms with Crippen LogP contribution in [0.5, 0.6) is 0 Å². The number of pyridine rings is 2. The van der Waals surface area contributed by atoms with E-state index in [9.17, 15) is 15.3 Å². The summed E-state index contributed by atoms with van der Waals surface area (Å²) in [6, 6.07) is 4.83. The van der Waals surface area contributed by atoms with E-state index < -0.39 is 0 Å². The van der Waals surface area contributed by atoms with Gasteiger partial charge in [-0.3, -0.25) is 4.79 Å². The summed E-state index contributed by atoms with van der Waals surface area (Å²) in [5.74, 6) is 2.41. The maximum Gasteiger partial charge on any atom is 0.153 e. The largest absolute Gasteiger partial charge is 0.378 e. The highest BCUT2D eigenvalue weighted by molar-refractivity contribution is 8.01. The number of ether oxygens (including phenoxy) is 2. The number of nitriles is 2.